The van der Waals surface area contributed by atoms with Crippen LogP contribution in [0.2, 0.25) is 0 Å². The molecule has 1 rings (SSSR count). The summed E-state index contributed by atoms with van der Waals surface area (Å²) in [6.45, 7) is 7.12. The SMILES string of the molecule is CCN(C(=O)c1cc(C(F)(F)F)cc(C(F)(F)F)c1)C(C)C(C)C. The van der Waals surface area contributed by atoms with E-state index < -0.39 is 35.0 Å². The first-order valence-electron chi connectivity index (χ1n) is 7.39. The van der Waals surface area contributed by atoms with Crippen molar-refractivity contribution >= 4 is 5.91 Å². The molecule has 2 nitrogen and oxygen atoms in total. The van der Waals surface area contributed by atoms with Crippen molar-refractivity contribution in [2.75, 3.05) is 6.54 Å². The van der Waals surface area contributed by atoms with Gasteiger partial charge in [-0.2, -0.15) is 26.3 Å². The van der Waals surface area contributed by atoms with Crippen LogP contribution in [0.25, 0.3) is 0 Å². The molecule has 8 heteroatoms. The molecule has 0 radical (unpaired) electrons. The van der Waals surface area contributed by atoms with Gasteiger partial charge >= 0.3 is 12.4 Å². The Kier molecular flexibility index (Phi) is 5.95. The van der Waals surface area contributed by atoms with Crippen molar-refractivity contribution in [1.82, 2.24) is 4.90 Å². The second kappa shape index (κ2) is 7.03. The van der Waals surface area contributed by atoms with E-state index in [-0.39, 0.29) is 24.6 Å². The Balaban J connectivity index is 3.44. The second-order valence-electron chi connectivity index (χ2n) is 5.87. The average molecular weight is 355 g/mol. The van der Waals surface area contributed by atoms with Gasteiger partial charge in [0.05, 0.1) is 11.1 Å². The summed E-state index contributed by atoms with van der Waals surface area (Å²) in [5.74, 6) is -0.850. The Labute approximate surface area is 136 Å². The fourth-order valence-corrected chi connectivity index (χ4v) is 2.22. The Morgan fingerprint density at radius 2 is 1.38 bits per heavy atom. The van der Waals surface area contributed by atoms with Gasteiger partial charge in [0.15, 0.2) is 0 Å². The van der Waals surface area contributed by atoms with Crippen molar-refractivity contribution in [2.45, 2.75) is 46.1 Å². The lowest BCUT2D eigenvalue weighted by atomic mass is 10.0. The highest BCUT2D eigenvalue weighted by Gasteiger charge is 2.38. The minimum atomic E-state index is -4.98. The van der Waals surface area contributed by atoms with E-state index in [0.717, 1.165) is 0 Å². The number of rotatable bonds is 4. The molecule has 0 N–H and O–H groups in total. The lowest BCUT2D eigenvalue weighted by Crippen LogP contribution is -2.41. The van der Waals surface area contributed by atoms with Gasteiger partial charge in [0.25, 0.3) is 5.91 Å². The second-order valence-corrected chi connectivity index (χ2v) is 5.87. The number of hydrogen-bond donors (Lipinski definition) is 0. The van der Waals surface area contributed by atoms with Crippen LogP contribution in [-0.4, -0.2) is 23.4 Å². The smallest absolute Gasteiger partial charge is 0.336 e. The van der Waals surface area contributed by atoms with Crippen LogP contribution in [0, 0.1) is 5.92 Å². The minimum absolute atomic E-state index is 0.00165. The molecule has 0 saturated heterocycles. The molecule has 136 valence electrons. The summed E-state index contributed by atoms with van der Waals surface area (Å²) in [5.41, 5.74) is -3.60. The quantitative estimate of drug-likeness (QED) is 0.677. The van der Waals surface area contributed by atoms with Crippen LogP contribution in [0.4, 0.5) is 26.3 Å². The van der Waals surface area contributed by atoms with Crippen molar-refractivity contribution in [3.05, 3.63) is 34.9 Å². The number of benzene rings is 1. The van der Waals surface area contributed by atoms with Crippen LogP contribution in [0.15, 0.2) is 18.2 Å². The molecule has 1 unspecified atom stereocenters. The normalized spacial score (nSPS) is 14.0. The molecule has 0 bridgehead atoms. The molecule has 0 spiro atoms. The van der Waals surface area contributed by atoms with E-state index in [4.69, 9.17) is 0 Å². The van der Waals surface area contributed by atoms with Crippen LogP contribution in [0.5, 0.6) is 0 Å². The fraction of sp³-hybridized carbons (Fsp3) is 0.562. The Morgan fingerprint density at radius 1 is 0.958 bits per heavy atom. The van der Waals surface area contributed by atoms with E-state index in [9.17, 15) is 31.1 Å². The maximum absolute atomic E-state index is 12.9. The fourth-order valence-electron chi connectivity index (χ4n) is 2.22. The zero-order valence-electron chi connectivity index (χ0n) is 13.7. The number of nitrogens with zero attached hydrogens (tertiary/aromatic N) is 1. The highest BCUT2D eigenvalue weighted by atomic mass is 19.4. The standard InChI is InChI=1S/C16H19F6NO/c1-5-23(10(4)9(2)3)14(24)11-6-12(15(17,18)19)8-13(7-11)16(20,21)22/h6-10H,5H2,1-4H3. The zero-order chi connectivity index (χ0) is 18.9. The highest BCUT2D eigenvalue weighted by Crippen LogP contribution is 2.36. The molecule has 0 fully saturated rings. The number of carbonyl (C=O) groups excluding carboxylic acids is 1. The number of alkyl halides is 6. The Bertz CT molecular complexity index is 559. The third-order valence-electron chi connectivity index (χ3n) is 3.89. The molecule has 0 aliphatic carbocycles. The van der Waals surface area contributed by atoms with Crippen molar-refractivity contribution in [1.29, 1.82) is 0 Å². The van der Waals surface area contributed by atoms with E-state index in [1.54, 1.807) is 13.8 Å². The average Bonchev–Trinajstić information content (AvgIpc) is 2.45. The van der Waals surface area contributed by atoms with Crippen LogP contribution in [0.1, 0.15) is 49.2 Å². The predicted molar refractivity (Wildman–Crippen MR) is 77.5 cm³/mol. The lowest BCUT2D eigenvalue weighted by molar-refractivity contribution is -0.143. The summed E-state index contributed by atoms with van der Waals surface area (Å²) in [4.78, 5) is 13.7. The van der Waals surface area contributed by atoms with Crippen LogP contribution < -0.4 is 0 Å². The third-order valence-corrected chi connectivity index (χ3v) is 3.89. The van der Waals surface area contributed by atoms with Gasteiger partial charge in [0.1, 0.15) is 0 Å². The van der Waals surface area contributed by atoms with Gasteiger partial charge in [-0.25, -0.2) is 0 Å². The van der Waals surface area contributed by atoms with Gasteiger partial charge in [0.2, 0.25) is 0 Å². The van der Waals surface area contributed by atoms with Gasteiger partial charge in [-0.15, -0.1) is 0 Å². The van der Waals surface area contributed by atoms with Crippen LogP contribution in [0.3, 0.4) is 0 Å². The maximum Gasteiger partial charge on any atom is 0.416 e. The number of amides is 1. The minimum Gasteiger partial charge on any atom is -0.336 e. The maximum atomic E-state index is 12.9. The Morgan fingerprint density at radius 3 is 1.67 bits per heavy atom. The first kappa shape index (κ1) is 20.3. The van der Waals surface area contributed by atoms with E-state index in [1.807, 2.05) is 13.8 Å². The van der Waals surface area contributed by atoms with E-state index >= 15 is 0 Å². The number of hydrogen-bond acceptors (Lipinski definition) is 1. The molecule has 1 aromatic rings. The summed E-state index contributed by atoms with van der Waals surface area (Å²) in [6.07, 6.45) is -9.95. The van der Waals surface area contributed by atoms with Crippen molar-refractivity contribution < 1.29 is 31.1 Å². The molecule has 0 aromatic heterocycles. The number of carbonyl (C=O) groups is 1. The molecule has 0 aliphatic heterocycles. The monoisotopic (exact) mass is 355 g/mol. The summed E-state index contributed by atoms with van der Waals surface area (Å²) in [6, 6.07) is 0.617. The summed E-state index contributed by atoms with van der Waals surface area (Å²) < 4.78 is 77.3. The van der Waals surface area contributed by atoms with Crippen LogP contribution >= 0.6 is 0 Å². The van der Waals surface area contributed by atoms with Gasteiger partial charge in [-0.3, -0.25) is 4.79 Å². The third kappa shape index (κ3) is 4.64. The van der Waals surface area contributed by atoms with Crippen molar-refractivity contribution in [3.8, 4) is 0 Å². The molecule has 1 atom stereocenters. The molecule has 1 amide bonds. The molecule has 0 saturated carbocycles. The van der Waals surface area contributed by atoms with Gasteiger partial charge in [0, 0.05) is 18.2 Å². The van der Waals surface area contributed by atoms with E-state index in [1.165, 1.54) is 4.90 Å². The molecular formula is C16H19F6NO. The number of halogens is 6. The highest BCUT2D eigenvalue weighted by molar-refractivity contribution is 5.95. The van der Waals surface area contributed by atoms with Gasteiger partial charge in [-0.1, -0.05) is 13.8 Å². The zero-order valence-corrected chi connectivity index (χ0v) is 13.7. The summed E-state index contributed by atoms with van der Waals surface area (Å²) in [5, 5.41) is 0. The largest absolute Gasteiger partial charge is 0.416 e. The van der Waals surface area contributed by atoms with Gasteiger partial charge < -0.3 is 4.90 Å². The van der Waals surface area contributed by atoms with Crippen molar-refractivity contribution in [2.24, 2.45) is 5.92 Å². The molecule has 0 aliphatic rings. The first-order valence-corrected chi connectivity index (χ1v) is 7.39. The molecular weight excluding hydrogens is 336 g/mol. The van der Waals surface area contributed by atoms with Crippen LogP contribution in [-0.2, 0) is 12.4 Å². The van der Waals surface area contributed by atoms with Gasteiger partial charge in [-0.05, 0) is 38.0 Å². The Hall–Kier alpha value is -1.73. The van der Waals surface area contributed by atoms with Crippen molar-refractivity contribution in [3.63, 3.8) is 0 Å². The molecule has 0 heterocycles. The molecule has 1 aromatic carbocycles. The van der Waals surface area contributed by atoms with E-state index in [2.05, 4.69) is 0 Å². The summed E-state index contributed by atoms with van der Waals surface area (Å²) >= 11 is 0. The topological polar surface area (TPSA) is 20.3 Å². The lowest BCUT2D eigenvalue weighted by Gasteiger charge is -2.31. The molecule has 24 heavy (non-hydrogen) atoms. The van der Waals surface area contributed by atoms with E-state index in [0.29, 0.717) is 12.1 Å². The summed E-state index contributed by atoms with van der Waals surface area (Å²) in [7, 11) is 0. The first-order chi connectivity index (χ1) is 10.8. The predicted octanol–water partition coefficient (Wildman–Crippen LogP) is 5.23.